The van der Waals surface area contributed by atoms with Crippen LogP contribution in [0.25, 0.3) is 11.0 Å². The first-order valence-electron chi connectivity index (χ1n) is 7.01. The predicted octanol–water partition coefficient (Wildman–Crippen LogP) is 3.28. The van der Waals surface area contributed by atoms with E-state index in [1.807, 2.05) is 18.5 Å². The molecule has 2 aromatic heterocycles. The van der Waals surface area contributed by atoms with Gasteiger partial charge < -0.3 is 10.3 Å². The number of hydrogen-bond acceptors (Lipinski definition) is 2. The molecule has 1 atom stereocenters. The molecule has 0 saturated carbocycles. The van der Waals surface area contributed by atoms with Gasteiger partial charge in [0.2, 0.25) is 0 Å². The van der Waals surface area contributed by atoms with E-state index in [-0.39, 0.29) is 0 Å². The Balaban J connectivity index is 1.62. The van der Waals surface area contributed by atoms with Crippen LogP contribution >= 0.6 is 0 Å². The van der Waals surface area contributed by atoms with Crippen molar-refractivity contribution < 1.29 is 0 Å². The third kappa shape index (κ3) is 2.89. The summed E-state index contributed by atoms with van der Waals surface area (Å²) in [7, 11) is 0. The summed E-state index contributed by atoms with van der Waals surface area (Å²) in [6.45, 7) is 3.08. The summed E-state index contributed by atoms with van der Waals surface area (Å²) in [5, 5.41) is 4.78. The largest absolute Gasteiger partial charge is 0.346 e. The fourth-order valence-electron chi connectivity index (χ4n) is 2.48. The molecule has 2 N–H and O–H groups in total. The maximum absolute atomic E-state index is 4.31. The quantitative estimate of drug-likeness (QED) is 0.743. The minimum Gasteiger partial charge on any atom is -0.346 e. The molecule has 0 bridgehead atoms. The number of fused-ring (bicyclic) bond motifs is 1. The highest BCUT2D eigenvalue weighted by Crippen LogP contribution is 2.15. The lowest BCUT2D eigenvalue weighted by atomic mass is 10.1. The van der Waals surface area contributed by atoms with E-state index in [9.17, 15) is 0 Å². The topological polar surface area (TPSA) is 40.7 Å². The summed E-state index contributed by atoms with van der Waals surface area (Å²) in [4.78, 5) is 7.52. The third-order valence-corrected chi connectivity index (χ3v) is 3.56. The molecule has 20 heavy (non-hydrogen) atoms. The van der Waals surface area contributed by atoms with Crippen LogP contribution in [0.2, 0.25) is 0 Å². The van der Waals surface area contributed by atoms with Gasteiger partial charge in [0.1, 0.15) is 5.65 Å². The number of hydrogen-bond donors (Lipinski definition) is 2. The molecule has 3 aromatic rings. The maximum Gasteiger partial charge on any atom is 0.137 e. The van der Waals surface area contributed by atoms with Gasteiger partial charge in [-0.1, -0.05) is 30.3 Å². The van der Waals surface area contributed by atoms with Crippen LogP contribution in [-0.4, -0.2) is 16.0 Å². The van der Waals surface area contributed by atoms with E-state index in [1.54, 1.807) is 0 Å². The van der Waals surface area contributed by atoms with Crippen molar-refractivity contribution in [2.24, 2.45) is 0 Å². The molecule has 3 rings (SSSR count). The summed E-state index contributed by atoms with van der Waals surface area (Å²) in [6.07, 6.45) is 4.90. The van der Waals surface area contributed by atoms with E-state index >= 15 is 0 Å². The van der Waals surface area contributed by atoms with Crippen molar-refractivity contribution in [1.29, 1.82) is 0 Å². The van der Waals surface area contributed by atoms with Crippen LogP contribution in [0, 0.1) is 0 Å². The fraction of sp³-hybridized carbons (Fsp3) is 0.235. The van der Waals surface area contributed by atoms with Gasteiger partial charge in [-0.2, -0.15) is 0 Å². The lowest BCUT2D eigenvalue weighted by molar-refractivity contribution is 0.547. The molecule has 2 heterocycles. The molecule has 3 heteroatoms. The summed E-state index contributed by atoms with van der Waals surface area (Å²) in [6, 6.07) is 15.1. The van der Waals surface area contributed by atoms with E-state index in [1.165, 1.54) is 16.5 Å². The molecule has 0 fully saturated rings. The van der Waals surface area contributed by atoms with Crippen molar-refractivity contribution in [2.75, 3.05) is 0 Å². The Hall–Kier alpha value is -2.13. The number of pyridine rings is 1. The zero-order valence-electron chi connectivity index (χ0n) is 11.6. The second kappa shape index (κ2) is 5.88. The molecule has 0 amide bonds. The van der Waals surface area contributed by atoms with Gasteiger partial charge in [-0.3, -0.25) is 0 Å². The SMILES string of the molecule is CC(Cc1ccccc1)NCc1c[nH]c2ncccc12. The lowest BCUT2D eigenvalue weighted by Crippen LogP contribution is -2.27. The average Bonchev–Trinajstić information content (AvgIpc) is 2.89. The molecule has 0 aliphatic heterocycles. The van der Waals surface area contributed by atoms with Gasteiger partial charge in [0, 0.05) is 30.4 Å². The van der Waals surface area contributed by atoms with Gasteiger partial charge >= 0.3 is 0 Å². The number of H-pyrrole nitrogens is 1. The monoisotopic (exact) mass is 265 g/mol. The minimum absolute atomic E-state index is 0.444. The van der Waals surface area contributed by atoms with Crippen molar-refractivity contribution >= 4 is 11.0 Å². The first kappa shape index (κ1) is 12.9. The molecule has 0 saturated heterocycles. The molecular formula is C17H19N3. The molecule has 0 spiro atoms. The van der Waals surface area contributed by atoms with E-state index in [0.29, 0.717) is 6.04 Å². The second-order valence-corrected chi connectivity index (χ2v) is 5.19. The van der Waals surface area contributed by atoms with Crippen LogP contribution in [0.4, 0.5) is 0 Å². The van der Waals surface area contributed by atoms with Crippen molar-refractivity contribution in [3.05, 3.63) is 66.0 Å². The summed E-state index contributed by atoms with van der Waals surface area (Å²) in [5.41, 5.74) is 3.60. The number of benzene rings is 1. The molecule has 0 aliphatic rings. The summed E-state index contributed by atoms with van der Waals surface area (Å²) in [5.74, 6) is 0. The van der Waals surface area contributed by atoms with Crippen molar-refractivity contribution in [2.45, 2.75) is 25.9 Å². The van der Waals surface area contributed by atoms with E-state index in [2.05, 4.69) is 58.6 Å². The zero-order valence-corrected chi connectivity index (χ0v) is 11.6. The second-order valence-electron chi connectivity index (χ2n) is 5.19. The first-order chi connectivity index (χ1) is 9.83. The Morgan fingerprint density at radius 3 is 2.85 bits per heavy atom. The van der Waals surface area contributed by atoms with E-state index in [4.69, 9.17) is 0 Å². The molecule has 1 unspecified atom stereocenters. The Labute approximate surface area is 119 Å². The van der Waals surface area contributed by atoms with Gasteiger partial charge in [0.15, 0.2) is 0 Å². The number of nitrogens with one attached hydrogen (secondary N) is 2. The number of rotatable bonds is 5. The molecule has 0 radical (unpaired) electrons. The van der Waals surface area contributed by atoms with E-state index < -0.39 is 0 Å². The highest BCUT2D eigenvalue weighted by molar-refractivity contribution is 5.79. The predicted molar refractivity (Wildman–Crippen MR) is 82.5 cm³/mol. The Bertz CT molecular complexity index is 673. The molecule has 102 valence electrons. The Kier molecular flexibility index (Phi) is 3.79. The fourth-order valence-corrected chi connectivity index (χ4v) is 2.48. The Morgan fingerprint density at radius 2 is 2.00 bits per heavy atom. The highest BCUT2D eigenvalue weighted by Gasteiger charge is 2.06. The van der Waals surface area contributed by atoms with Crippen LogP contribution in [-0.2, 0) is 13.0 Å². The summed E-state index contributed by atoms with van der Waals surface area (Å²) < 4.78 is 0. The molecule has 0 aliphatic carbocycles. The summed E-state index contributed by atoms with van der Waals surface area (Å²) >= 11 is 0. The van der Waals surface area contributed by atoms with Gasteiger partial charge in [-0.25, -0.2) is 4.98 Å². The van der Waals surface area contributed by atoms with Crippen molar-refractivity contribution in [3.8, 4) is 0 Å². The smallest absolute Gasteiger partial charge is 0.137 e. The van der Waals surface area contributed by atoms with Crippen LogP contribution in [0.15, 0.2) is 54.9 Å². The highest BCUT2D eigenvalue weighted by atomic mass is 14.9. The van der Waals surface area contributed by atoms with Crippen molar-refractivity contribution in [1.82, 2.24) is 15.3 Å². The standard InChI is InChI=1S/C17H19N3/c1-13(10-14-6-3-2-4-7-14)19-11-15-12-20-17-16(15)8-5-9-18-17/h2-9,12-13,19H,10-11H2,1H3,(H,18,20). The maximum atomic E-state index is 4.31. The van der Waals surface area contributed by atoms with Gasteiger partial charge in [0.05, 0.1) is 0 Å². The van der Waals surface area contributed by atoms with Crippen LogP contribution in [0.5, 0.6) is 0 Å². The van der Waals surface area contributed by atoms with Crippen LogP contribution < -0.4 is 5.32 Å². The minimum atomic E-state index is 0.444. The van der Waals surface area contributed by atoms with Gasteiger partial charge in [-0.15, -0.1) is 0 Å². The first-order valence-corrected chi connectivity index (χ1v) is 7.01. The molecule has 3 nitrogen and oxygen atoms in total. The van der Waals surface area contributed by atoms with Gasteiger partial charge in [-0.05, 0) is 36.6 Å². The van der Waals surface area contributed by atoms with Crippen LogP contribution in [0.3, 0.4) is 0 Å². The molecule has 1 aromatic carbocycles. The lowest BCUT2D eigenvalue weighted by Gasteiger charge is -2.13. The number of aromatic amines is 1. The normalized spacial score (nSPS) is 12.7. The zero-order chi connectivity index (χ0) is 13.8. The number of nitrogens with zero attached hydrogens (tertiary/aromatic N) is 1. The number of aromatic nitrogens is 2. The average molecular weight is 265 g/mol. The Morgan fingerprint density at radius 1 is 1.15 bits per heavy atom. The van der Waals surface area contributed by atoms with Gasteiger partial charge in [0.25, 0.3) is 0 Å². The molecular weight excluding hydrogens is 246 g/mol. The van der Waals surface area contributed by atoms with Crippen molar-refractivity contribution in [3.63, 3.8) is 0 Å². The third-order valence-electron chi connectivity index (χ3n) is 3.56. The van der Waals surface area contributed by atoms with Crippen LogP contribution in [0.1, 0.15) is 18.1 Å². The van der Waals surface area contributed by atoms with E-state index in [0.717, 1.165) is 18.6 Å².